The van der Waals surface area contributed by atoms with Gasteiger partial charge >= 0.3 is 5.97 Å². The molecule has 3 heterocycles. The minimum atomic E-state index is -0.713. The number of carbonyl (C=O) groups excluding carboxylic acids is 3. The lowest BCUT2D eigenvalue weighted by Gasteiger charge is -2.39. The fourth-order valence-electron chi connectivity index (χ4n) is 7.07. The molecular formula is C34H38ClN3O6. The van der Waals surface area contributed by atoms with Crippen molar-refractivity contribution in [1.29, 1.82) is 0 Å². The van der Waals surface area contributed by atoms with Crippen LogP contribution in [0, 0.1) is 11.3 Å². The van der Waals surface area contributed by atoms with Gasteiger partial charge in [-0.15, -0.1) is 0 Å². The molecule has 2 saturated heterocycles. The predicted octanol–water partition coefficient (Wildman–Crippen LogP) is 5.59. The number of aryl methyl sites for hydroxylation is 1. The number of halogens is 1. The summed E-state index contributed by atoms with van der Waals surface area (Å²) >= 11 is 6.00. The number of piperidine rings is 1. The predicted molar refractivity (Wildman–Crippen MR) is 164 cm³/mol. The number of ether oxygens (including phenoxy) is 2. The van der Waals surface area contributed by atoms with Gasteiger partial charge in [0.1, 0.15) is 17.5 Å². The summed E-state index contributed by atoms with van der Waals surface area (Å²) < 4.78 is 16.2. The zero-order chi connectivity index (χ0) is 30.8. The van der Waals surface area contributed by atoms with Crippen LogP contribution >= 0.6 is 11.6 Å². The molecule has 232 valence electrons. The van der Waals surface area contributed by atoms with Crippen molar-refractivity contribution in [1.82, 2.24) is 15.0 Å². The molecule has 0 bridgehead atoms. The van der Waals surface area contributed by atoms with Gasteiger partial charge in [-0.2, -0.15) is 0 Å². The Hall–Kier alpha value is -3.85. The summed E-state index contributed by atoms with van der Waals surface area (Å²) in [5, 5.41) is 4.68. The quantitative estimate of drug-likeness (QED) is 0.318. The highest BCUT2D eigenvalue weighted by Gasteiger charge is 2.51. The van der Waals surface area contributed by atoms with Crippen LogP contribution in [0.1, 0.15) is 60.7 Å². The molecule has 44 heavy (non-hydrogen) atoms. The van der Waals surface area contributed by atoms with Crippen LogP contribution in [0.3, 0.4) is 0 Å². The van der Waals surface area contributed by atoms with E-state index in [4.69, 9.17) is 25.6 Å². The second-order valence-electron chi connectivity index (χ2n) is 12.3. The number of hydrogen-bond acceptors (Lipinski definition) is 7. The zero-order valence-electron chi connectivity index (χ0n) is 25.2. The molecule has 1 spiro atoms. The van der Waals surface area contributed by atoms with E-state index in [2.05, 4.69) is 17.3 Å². The molecule has 6 rings (SSSR count). The number of hydrogen-bond donors (Lipinski definition) is 0. The van der Waals surface area contributed by atoms with Gasteiger partial charge in [0.15, 0.2) is 0 Å². The Kier molecular flexibility index (Phi) is 8.67. The van der Waals surface area contributed by atoms with E-state index in [1.165, 1.54) is 11.1 Å². The molecule has 3 aromatic rings. The Morgan fingerprint density at radius 2 is 1.84 bits per heavy atom. The Balaban J connectivity index is 1.10. The summed E-state index contributed by atoms with van der Waals surface area (Å²) in [4.78, 5) is 43.7. The van der Waals surface area contributed by atoms with Crippen LogP contribution < -0.4 is 4.74 Å². The fraction of sp³-hybridized carbons (Fsp3) is 0.471. The van der Waals surface area contributed by atoms with Gasteiger partial charge in [0.2, 0.25) is 11.7 Å². The van der Waals surface area contributed by atoms with Crippen molar-refractivity contribution in [2.45, 2.75) is 57.9 Å². The smallest absolute Gasteiger partial charge is 0.328 e. The second-order valence-corrected chi connectivity index (χ2v) is 12.8. The van der Waals surface area contributed by atoms with Gasteiger partial charge in [-0.25, -0.2) is 4.79 Å². The number of amides is 2. The molecule has 0 N–H and O–H groups in total. The standard InChI is InChI=1S/C34H38ClN3O6/c1-3-43-33(41)29-20-34(21-38(29)32(40)30-19-28(36-44-30)23-6-9-26(35)10-7-23)12-14-37(15-13-34)31(39)17-22-4-5-25-18-27(42-2)11-8-24(25)16-22/h6-11,18-19,22,29H,3-5,12-17,20-21H2,1-2H3. The number of nitrogens with zero attached hydrogens (tertiary/aromatic N) is 3. The van der Waals surface area contributed by atoms with Crippen molar-refractivity contribution in [2.75, 3.05) is 33.4 Å². The Morgan fingerprint density at radius 3 is 2.57 bits per heavy atom. The molecule has 0 radical (unpaired) electrons. The average Bonchev–Trinajstić information content (AvgIpc) is 3.67. The normalized spacial score (nSPS) is 20.8. The molecule has 9 nitrogen and oxygen atoms in total. The van der Waals surface area contributed by atoms with Gasteiger partial charge in [-0.1, -0.05) is 35.0 Å². The molecule has 2 aliphatic heterocycles. The van der Waals surface area contributed by atoms with E-state index in [-0.39, 0.29) is 29.6 Å². The number of esters is 1. The lowest BCUT2D eigenvalue weighted by molar-refractivity contribution is -0.147. The van der Waals surface area contributed by atoms with Crippen molar-refractivity contribution in [3.63, 3.8) is 0 Å². The Labute approximate surface area is 262 Å². The van der Waals surface area contributed by atoms with Crippen molar-refractivity contribution in [3.05, 3.63) is 70.4 Å². The molecule has 3 aliphatic rings. The SMILES string of the molecule is CCOC(=O)C1CC2(CCN(C(=O)CC3CCc4cc(OC)ccc4C3)CC2)CN1C(=O)c1cc(-c2ccc(Cl)cc2)no1. The van der Waals surface area contributed by atoms with Crippen molar-refractivity contribution < 1.29 is 28.4 Å². The second kappa shape index (κ2) is 12.6. The summed E-state index contributed by atoms with van der Waals surface area (Å²) in [6.07, 6.45) is 5.33. The number of carbonyl (C=O) groups is 3. The summed E-state index contributed by atoms with van der Waals surface area (Å²) in [6.45, 7) is 3.61. The monoisotopic (exact) mass is 619 g/mol. The number of fused-ring (bicyclic) bond motifs is 1. The topological polar surface area (TPSA) is 102 Å². The zero-order valence-corrected chi connectivity index (χ0v) is 26.0. The summed E-state index contributed by atoms with van der Waals surface area (Å²) in [5.74, 6) is 0.658. The highest BCUT2D eigenvalue weighted by Crippen LogP contribution is 2.45. The van der Waals surface area contributed by atoms with E-state index >= 15 is 0 Å². The van der Waals surface area contributed by atoms with Crippen LogP contribution in [-0.2, 0) is 27.2 Å². The van der Waals surface area contributed by atoms with Gasteiger partial charge in [0, 0.05) is 42.7 Å². The molecule has 0 saturated carbocycles. The minimum absolute atomic E-state index is 0.0708. The van der Waals surface area contributed by atoms with E-state index in [0.29, 0.717) is 49.1 Å². The maximum atomic E-state index is 13.7. The van der Waals surface area contributed by atoms with Gasteiger partial charge < -0.3 is 23.8 Å². The molecule has 2 amide bonds. The number of likely N-dealkylation sites (tertiary alicyclic amines) is 2. The number of methoxy groups -OCH3 is 1. The molecule has 1 aliphatic carbocycles. The molecule has 2 atom stereocenters. The lowest BCUT2D eigenvalue weighted by atomic mass is 9.76. The van der Waals surface area contributed by atoms with Gasteiger partial charge in [0.05, 0.1) is 13.7 Å². The molecule has 1 aromatic heterocycles. The van der Waals surface area contributed by atoms with E-state index in [1.54, 1.807) is 49.3 Å². The third kappa shape index (κ3) is 6.20. The van der Waals surface area contributed by atoms with Crippen molar-refractivity contribution in [3.8, 4) is 17.0 Å². The van der Waals surface area contributed by atoms with Crippen LogP contribution in [0.4, 0.5) is 0 Å². The van der Waals surface area contributed by atoms with E-state index in [1.807, 2.05) is 11.0 Å². The molecule has 2 unspecified atom stereocenters. The van der Waals surface area contributed by atoms with E-state index in [9.17, 15) is 14.4 Å². The fourth-order valence-corrected chi connectivity index (χ4v) is 7.20. The van der Waals surface area contributed by atoms with Gasteiger partial charge in [-0.05, 0) is 92.2 Å². The first-order chi connectivity index (χ1) is 21.3. The lowest BCUT2D eigenvalue weighted by Crippen LogP contribution is -2.45. The van der Waals surface area contributed by atoms with Crippen LogP contribution in [-0.4, -0.2) is 72.1 Å². The number of rotatable bonds is 7. The van der Waals surface area contributed by atoms with E-state index in [0.717, 1.165) is 43.4 Å². The van der Waals surface area contributed by atoms with Crippen LogP contribution in [0.2, 0.25) is 5.02 Å². The average molecular weight is 620 g/mol. The number of aromatic nitrogens is 1. The van der Waals surface area contributed by atoms with Gasteiger partial charge in [0.25, 0.3) is 5.91 Å². The molecule has 2 aromatic carbocycles. The number of benzene rings is 2. The summed E-state index contributed by atoms with van der Waals surface area (Å²) in [6, 6.07) is 14.2. The Bertz CT molecular complexity index is 1530. The first-order valence-electron chi connectivity index (χ1n) is 15.4. The van der Waals surface area contributed by atoms with Crippen LogP contribution in [0.25, 0.3) is 11.3 Å². The third-order valence-electron chi connectivity index (χ3n) is 9.57. The highest BCUT2D eigenvalue weighted by atomic mass is 35.5. The maximum Gasteiger partial charge on any atom is 0.328 e. The molecular weight excluding hydrogens is 582 g/mol. The third-order valence-corrected chi connectivity index (χ3v) is 9.82. The Morgan fingerprint density at radius 1 is 1.07 bits per heavy atom. The first kappa shape index (κ1) is 30.2. The van der Waals surface area contributed by atoms with Crippen molar-refractivity contribution in [2.24, 2.45) is 11.3 Å². The van der Waals surface area contributed by atoms with Crippen molar-refractivity contribution >= 4 is 29.4 Å². The minimum Gasteiger partial charge on any atom is -0.497 e. The van der Waals surface area contributed by atoms with Gasteiger partial charge in [-0.3, -0.25) is 9.59 Å². The first-order valence-corrected chi connectivity index (χ1v) is 15.8. The highest BCUT2D eigenvalue weighted by molar-refractivity contribution is 6.30. The van der Waals surface area contributed by atoms with Crippen LogP contribution in [0.15, 0.2) is 53.1 Å². The molecule has 2 fully saturated rings. The van der Waals surface area contributed by atoms with Crippen LogP contribution in [0.5, 0.6) is 5.75 Å². The molecule has 10 heteroatoms. The summed E-state index contributed by atoms with van der Waals surface area (Å²) in [5.41, 5.74) is 3.63. The summed E-state index contributed by atoms with van der Waals surface area (Å²) in [7, 11) is 1.68. The van der Waals surface area contributed by atoms with E-state index < -0.39 is 12.0 Å². The maximum absolute atomic E-state index is 13.7. The largest absolute Gasteiger partial charge is 0.497 e.